The van der Waals surface area contributed by atoms with E-state index in [0.29, 0.717) is 6.54 Å². The Morgan fingerprint density at radius 2 is 1.80 bits per heavy atom. The highest BCUT2D eigenvalue weighted by Crippen LogP contribution is 2.43. The van der Waals surface area contributed by atoms with Crippen molar-refractivity contribution in [3.05, 3.63) is 0 Å². The van der Waals surface area contributed by atoms with Crippen LogP contribution in [0.2, 0.25) is 0 Å². The van der Waals surface area contributed by atoms with Gasteiger partial charge in [-0.25, -0.2) is 4.79 Å². The van der Waals surface area contributed by atoms with Crippen molar-refractivity contribution in [2.75, 3.05) is 6.54 Å². The molecule has 6 nitrogen and oxygen atoms in total. The number of nitrogens with one attached hydrogen (secondary N) is 2. The summed E-state index contributed by atoms with van der Waals surface area (Å²) in [6, 6.07) is -0.0988. The van der Waals surface area contributed by atoms with Crippen molar-refractivity contribution in [1.82, 2.24) is 10.6 Å². The summed E-state index contributed by atoms with van der Waals surface area (Å²) in [6.07, 6.45) is 5.74. The van der Waals surface area contributed by atoms with Crippen molar-refractivity contribution in [2.45, 2.75) is 63.5 Å². The van der Waals surface area contributed by atoms with E-state index in [1.54, 1.807) is 0 Å². The summed E-state index contributed by atoms with van der Waals surface area (Å²) in [6.45, 7) is 0.431. The average Bonchev–Trinajstić information content (AvgIpc) is 2.35. The van der Waals surface area contributed by atoms with Crippen LogP contribution in [0.1, 0.15) is 51.4 Å². The number of hydrogen-bond donors (Lipinski definition) is 4. The maximum Gasteiger partial charge on any atom is 0.315 e. The van der Waals surface area contributed by atoms with Gasteiger partial charge in [-0.2, -0.15) is 0 Å². The molecule has 4 N–H and O–H groups in total. The number of rotatable bonds is 5. The summed E-state index contributed by atoms with van der Waals surface area (Å²) in [4.78, 5) is 22.7. The summed E-state index contributed by atoms with van der Waals surface area (Å²) in [5, 5.41) is 24.0. The van der Waals surface area contributed by atoms with Gasteiger partial charge >= 0.3 is 12.0 Å². The number of carbonyl (C=O) groups is 2. The van der Waals surface area contributed by atoms with E-state index >= 15 is 0 Å². The Labute approximate surface area is 118 Å². The van der Waals surface area contributed by atoms with E-state index in [-0.39, 0.29) is 30.0 Å². The van der Waals surface area contributed by atoms with Crippen LogP contribution in [0.3, 0.4) is 0 Å². The number of amides is 2. The van der Waals surface area contributed by atoms with E-state index < -0.39 is 5.97 Å². The lowest BCUT2D eigenvalue weighted by molar-refractivity contribution is -0.141. The lowest BCUT2D eigenvalue weighted by atomic mass is 9.66. The SMILES string of the molecule is O=C(O)CC1(CNC(=O)NC2CCC(O)CC2)CCC1. The standard InChI is InChI=1S/C14H24N2O4/c17-11-4-2-10(3-5-11)16-13(20)15-9-14(6-1-7-14)8-12(18)19/h10-11,17H,1-9H2,(H,18,19)(H2,15,16,20). The van der Waals surface area contributed by atoms with Crippen LogP contribution in [-0.4, -0.2) is 40.9 Å². The minimum absolute atomic E-state index is 0.121. The highest BCUT2D eigenvalue weighted by atomic mass is 16.4. The van der Waals surface area contributed by atoms with Crippen molar-refractivity contribution in [3.8, 4) is 0 Å². The van der Waals surface area contributed by atoms with Crippen LogP contribution in [0.25, 0.3) is 0 Å². The van der Waals surface area contributed by atoms with E-state index in [0.717, 1.165) is 44.9 Å². The van der Waals surface area contributed by atoms with E-state index in [9.17, 15) is 14.7 Å². The fourth-order valence-electron chi connectivity index (χ4n) is 3.14. The first-order chi connectivity index (χ1) is 9.49. The van der Waals surface area contributed by atoms with Gasteiger partial charge in [0.25, 0.3) is 0 Å². The molecule has 0 radical (unpaired) electrons. The average molecular weight is 284 g/mol. The van der Waals surface area contributed by atoms with Crippen LogP contribution >= 0.6 is 0 Å². The molecule has 0 bridgehead atoms. The van der Waals surface area contributed by atoms with Crippen molar-refractivity contribution in [1.29, 1.82) is 0 Å². The summed E-state index contributed by atoms with van der Waals surface area (Å²) in [5.74, 6) is -0.798. The van der Waals surface area contributed by atoms with Crippen LogP contribution in [0.4, 0.5) is 4.79 Å². The number of carboxylic acid groups (broad SMARTS) is 1. The Morgan fingerprint density at radius 1 is 1.15 bits per heavy atom. The molecular weight excluding hydrogens is 260 g/mol. The van der Waals surface area contributed by atoms with Gasteiger partial charge in [0.1, 0.15) is 0 Å². The van der Waals surface area contributed by atoms with Gasteiger partial charge in [0.15, 0.2) is 0 Å². The molecule has 2 fully saturated rings. The van der Waals surface area contributed by atoms with Crippen LogP contribution in [-0.2, 0) is 4.79 Å². The molecule has 0 atom stereocenters. The molecule has 0 saturated heterocycles. The zero-order valence-electron chi connectivity index (χ0n) is 11.7. The molecular formula is C14H24N2O4. The summed E-state index contributed by atoms with van der Waals surface area (Å²) >= 11 is 0. The highest BCUT2D eigenvalue weighted by molar-refractivity contribution is 5.74. The minimum Gasteiger partial charge on any atom is -0.481 e. The molecule has 0 aromatic rings. The summed E-state index contributed by atoms with van der Waals surface area (Å²) < 4.78 is 0. The molecule has 6 heteroatoms. The zero-order valence-corrected chi connectivity index (χ0v) is 11.7. The Morgan fingerprint density at radius 3 is 2.30 bits per heavy atom. The van der Waals surface area contributed by atoms with Crippen LogP contribution < -0.4 is 10.6 Å². The van der Waals surface area contributed by atoms with Gasteiger partial charge in [-0.15, -0.1) is 0 Å². The molecule has 114 valence electrons. The number of aliphatic carboxylic acids is 1. The van der Waals surface area contributed by atoms with Gasteiger partial charge < -0.3 is 20.8 Å². The normalized spacial score (nSPS) is 28.2. The van der Waals surface area contributed by atoms with Crippen molar-refractivity contribution in [3.63, 3.8) is 0 Å². The number of aliphatic hydroxyl groups is 1. The molecule has 0 aliphatic heterocycles. The number of urea groups is 1. The predicted molar refractivity (Wildman–Crippen MR) is 73.3 cm³/mol. The smallest absolute Gasteiger partial charge is 0.315 e. The number of carbonyl (C=O) groups excluding carboxylic acids is 1. The second kappa shape index (κ2) is 6.43. The topological polar surface area (TPSA) is 98.7 Å². The first kappa shape index (κ1) is 15.1. The monoisotopic (exact) mass is 284 g/mol. The number of hydrogen-bond acceptors (Lipinski definition) is 3. The molecule has 0 unspecified atom stereocenters. The molecule has 20 heavy (non-hydrogen) atoms. The van der Waals surface area contributed by atoms with Gasteiger partial charge in [-0.05, 0) is 43.9 Å². The molecule has 0 aromatic heterocycles. The quantitative estimate of drug-likeness (QED) is 0.610. The Kier molecular flexibility index (Phi) is 4.86. The Bertz CT molecular complexity index is 360. The van der Waals surface area contributed by atoms with E-state index in [4.69, 9.17) is 5.11 Å². The molecule has 2 saturated carbocycles. The fraction of sp³-hybridized carbons (Fsp3) is 0.857. The largest absolute Gasteiger partial charge is 0.481 e. The molecule has 0 heterocycles. The summed E-state index contributed by atoms with van der Waals surface area (Å²) in [7, 11) is 0. The zero-order chi connectivity index (χ0) is 14.6. The third-order valence-electron chi connectivity index (χ3n) is 4.60. The van der Waals surface area contributed by atoms with Crippen LogP contribution in [0.5, 0.6) is 0 Å². The number of aliphatic hydroxyl groups excluding tert-OH is 1. The molecule has 2 aliphatic carbocycles. The third-order valence-corrected chi connectivity index (χ3v) is 4.60. The minimum atomic E-state index is -0.798. The van der Waals surface area contributed by atoms with Gasteiger partial charge in [0, 0.05) is 12.6 Å². The lowest BCUT2D eigenvalue weighted by Crippen LogP contribution is -2.49. The molecule has 2 aliphatic rings. The van der Waals surface area contributed by atoms with E-state index in [1.165, 1.54) is 0 Å². The van der Waals surface area contributed by atoms with E-state index in [2.05, 4.69) is 10.6 Å². The Hall–Kier alpha value is -1.30. The van der Waals surface area contributed by atoms with Crippen molar-refractivity contribution in [2.24, 2.45) is 5.41 Å². The number of carboxylic acids is 1. The van der Waals surface area contributed by atoms with Gasteiger partial charge in [-0.3, -0.25) is 4.79 Å². The molecule has 0 aromatic carbocycles. The second-order valence-electron chi connectivity index (χ2n) is 6.26. The highest BCUT2D eigenvalue weighted by Gasteiger charge is 2.39. The third kappa shape index (κ3) is 4.10. The first-order valence-electron chi connectivity index (χ1n) is 7.43. The van der Waals surface area contributed by atoms with Crippen LogP contribution in [0.15, 0.2) is 0 Å². The maximum atomic E-state index is 11.8. The van der Waals surface area contributed by atoms with Crippen molar-refractivity contribution < 1.29 is 19.8 Å². The fourth-order valence-corrected chi connectivity index (χ4v) is 3.14. The van der Waals surface area contributed by atoms with E-state index in [1.807, 2.05) is 0 Å². The lowest BCUT2D eigenvalue weighted by Gasteiger charge is -2.41. The van der Waals surface area contributed by atoms with Gasteiger partial charge in [0.05, 0.1) is 12.5 Å². The van der Waals surface area contributed by atoms with Gasteiger partial charge in [-0.1, -0.05) is 6.42 Å². The first-order valence-corrected chi connectivity index (χ1v) is 7.43. The molecule has 0 spiro atoms. The molecule has 2 rings (SSSR count). The van der Waals surface area contributed by atoms with Gasteiger partial charge in [0.2, 0.25) is 0 Å². The molecule has 2 amide bonds. The summed E-state index contributed by atoms with van der Waals surface area (Å²) in [5.41, 5.74) is -0.244. The Balaban J connectivity index is 1.70. The predicted octanol–water partition coefficient (Wildman–Crippen LogP) is 1.23. The van der Waals surface area contributed by atoms with Crippen LogP contribution in [0, 0.1) is 5.41 Å². The van der Waals surface area contributed by atoms with Crippen molar-refractivity contribution >= 4 is 12.0 Å². The maximum absolute atomic E-state index is 11.8. The second-order valence-corrected chi connectivity index (χ2v) is 6.26.